The predicted molar refractivity (Wildman–Crippen MR) is 134 cm³/mol. The number of benzene rings is 1. The van der Waals surface area contributed by atoms with E-state index in [1.807, 2.05) is 23.2 Å². The molecule has 8 nitrogen and oxygen atoms in total. The molecule has 178 valence electrons. The van der Waals surface area contributed by atoms with Gasteiger partial charge in [0.05, 0.1) is 39.2 Å². The molecule has 1 amide bonds. The molecule has 0 bridgehead atoms. The minimum absolute atomic E-state index is 0.0973. The second-order valence-corrected chi connectivity index (χ2v) is 10.8. The topological polar surface area (TPSA) is 104 Å². The maximum absolute atomic E-state index is 13.4. The molecule has 0 aliphatic carbocycles. The van der Waals surface area contributed by atoms with Gasteiger partial charge in [-0.05, 0) is 45.8 Å². The molecule has 1 aromatic heterocycles. The number of nitrogens with zero attached hydrogens (tertiary/aromatic N) is 3. The minimum Gasteiger partial charge on any atom is -0.379 e. The Morgan fingerprint density at radius 3 is 2.79 bits per heavy atom. The molecule has 1 atom stereocenters. The Balaban J connectivity index is 1.51. The molecule has 0 spiro atoms. The number of anilines is 1. The number of ether oxygens (including phenoxy) is 2. The smallest absolute Gasteiger partial charge is 0.262 e. The zero-order valence-electron chi connectivity index (χ0n) is 18.2. The van der Waals surface area contributed by atoms with E-state index in [2.05, 4.69) is 26.2 Å². The Labute approximate surface area is 214 Å². The van der Waals surface area contributed by atoms with Gasteiger partial charge in [-0.1, -0.05) is 17.7 Å². The number of carbonyl (C=O) groups is 2. The van der Waals surface area contributed by atoms with E-state index in [4.69, 9.17) is 26.3 Å². The molecule has 34 heavy (non-hydrogen) atoms. The second-order valence-electron chi connectivity index (χ2n) is 7.97. The van der Waals surface area contributed by atoms with Gasteiger partial charge in [0.1, 0.15) is 11.4 Å². The van der Waals surface area contributed by atoms with Crippen molar-refractivity contribution in [2.75, 3.05) is 37.9 Å². The van der Waals surface area contributed by atoms with Crippen LogP contribution in [0.4, 0.5) is 5.69 Å². The third-order valence-electron chi connectivity index (χ3n) is 5.79. The molecule has 2 aliphatic heterocycles. The number of aliphatic imine (C=N–C) groups is 1. The summed E-state index contributed by atoms with van der Waals surface area (Å²) in [6, 6.07) is 8.91. The Kier molecular flexibility index (Phi) is 8.01. The van der Waals surface area contributed by atoms with Crippen LogP contribution in [0.5, 0.6) is 0 Å². The zero-order chi connectivity index (χ0) is 24.1. The van der Waals surface area contributed by atoms with Crippen molar-refractivity contribution in [3.63, 3.8) is 0 Å². The van der Waals surface area contributed by atoms with Crippen molar-refractivity contribution in [1.82, 2.24) is 5.32 Å². The van der Waals surface area contributed by atoms with E-state index in [1.54, 1.807) is 18.2 Å². The number of amidine groups is 1. The van der Waals surface area contributed by atoms with Crippen LogP contribution in [0, 0.1) is 11.5 Å². The van der Waals surface area contributed by atoms with Crippen LogP contribution in [-0.4, -0.2) is 56.0 Å². The number of rotatable bonds is 6. The van der Waals surface area contributed by atoms with Crippen LogP contribution in [0.15, 0.2) is 39.1 Å². The lowest BCUT2D eigenvalue weighted by Gasteiger charge is -2.27. The lowest BCUT2D eigenvalue weighted by Crippen LogP contribution is -2.55. The highest BCUT2D eigenvalue weighted by molar-refractivity contribution is 9.11. The van der Waals surface area contributed by atoms with Gasteiger partial charge in [-0.15, -0.1) is 11.3 Å². The summed E-state index contributed by atoms with van der Waals surface area (Å²) in [5, 5.41) is 12.4. The molecule has 1 aromatic carbocycles. The molecule has 2 fully saturated rings. The van der Waals surface area contributed by atoms with E-state index in [1.165, 1.54) is 11.3 Å². The molecule has 1 N–H and O–H groups in total. The number of nitrogens with one attached hydrogen (secondary N) is 1. The van der Waals surface area contributed by atoms with Gasteiger partial charge in [0.25, 0.3) is 5.91 Å². The minimum atomic E-state index is -1.08. The van der Waals surface area contributed by atoms with E-state index in [0.717, 1.165) is 9.35 Å². The largest absolute Gasteiger partial charge is 0.379 e. The van der Waals surface area contributed by atoms with Crippen LogP contribution < -0.4 is 10.2 Å². The van der Waals surface area contributed by atoms with E-state index in [9.17, 15) is 9.59 Å². The zero-order valence-corrected chi connectivity index (χ0v) is 21.3. The molecule has 2 saturated heterocycles. The van der Waals surface area contributed by atoms with Gasteiger partial charge in [-0.3, -0.25) is 9.59 Å². The first-order valence-corrected chi connectivity index (χ1v) is 12.7. The highest BCUT2D eigenvalue weighted by Crippen LogP contribution is 2.30. The van der Waals surface area contributed by atoms with E-state index in [-0.39, 0.29) is 24.7 Å². The average Bonchev–Trinajstić information content (AvgIpc) is 3.40. The highest BCUT2D eigenvalue weighted by atomic mass is 79.9. The average molecular weight is 566 g/mol. The number of amides is 1. The first-order valence-electron chi connectivity index (χ1n) is 10.7. The SMILES string of the molecule is N#CN=C1CCOCCN1c1ccc(CC(=O)[C@@]2(NC(=O)c3ccc(Br)s3)CCOC2)cc1Cl. The van der Waals surface area contributed by atoms with Gasteiger partial charge < -0.3 is 19.7 Å². The molecule has 11 heteroatoms. The fourth-order valence-corrected chi connectivity index (χ4v) is 5.61. The lowest BCUT2D eigenvalue weighted by molar-refractivity contribution is -0.124. The molecular weight excluding hydrogens is 544 g/mol. The summed E-state index contributed by atoms with van der Waals surface area (Å²) in [5.41, 5.74) is 0.351. The van der Waals surface area contributed by atoms with Crippen molar-refractivity contribution in [2.45, 2.75) is 24.8 Å². The second kappa shape index (κ2) is 11.0. The van der Waals surface area contributed by atoms with Crippen LogP contribution in [-0.2, 0) is 20.7 Å². The molecular formula is C23H22BrClN4O4S. The number of thiophene rings is 1. The standard InChI is InChI=1S/C23H22BrClN4O4S/c24-20-4-3-18(34-20)22(31)28-23(6-9-33-13-23)19(30)12-15-1-2-17(16(25)11-15)29-7-10-32-8-5-21(29)27-14-26/h1-4,11H,5-10,12-13H2,(H,28,31)/t23-/m1/s1. The fourth-order valence-electron chi connectivity index (χ4n) is 4.02. The third kappa shape index (κ3) is 5.50. The van der Waals surface area contributed by atoms with Gasteiger partial charge in [-0.2, -0.15) is 10.3 Å². The maximum Gasteiger partial charge on any atom is 0.262 e. The predicted octanol–water partition coefficient (Wildman–Crippen LogP) is 3.97. The Morgan fingerprint density at radius 2 is 2.12 bits per heavy atom. The van der Waals surface area contributed by atoms with Crippen molar-refractivity contribution >= 4 is 62.1 Å². The number of halogens is 2. The van der Waals surface area contributed by atoms with Gasteiger partial charge in [0, 0.05) is 32.4 Å². The fraction of sp³-hybridized carbons (Fsp3) is 0.391. The van der Waals surface area contributed by atoms with Gasteiger partial charge >= 0.3 is 0 Å². The number of hydrogen-bond acceptors (Lipinski definition) is 7. The van der Waals surface area contributed by atoms with Crippen molar-refractivity contribution in [3.8, 4) is 6.19 Å². The van der Waals surface area contributed by atoms with Gasteiger partial charge in [0.15, 0.2) is 5.78 Å². The summed E-state index contributed by atoms with van der Waals surface area (Å²) in [7, 11) is 0. The van der Waals surface area contributed by atoms with Crippen molar-refractivity contribution < 1.29 is 19.1 Å². The normalized spacial score (nSPS) is 21.8. The quantitative estimate of drug-likeness (QED) is 0.532. The van der Waals surface area contributed by atoms with E-state index < -0.39 is 5.54 Å². The first-order chi connectivity index (χ1) is 16.4. The molecule has 0 radical (unpaired) electrons. The summed E-state index contributed by atoms with van der Waals surface area (Å²) in [4.78, 5) is 32.4. The van der Waals surface area contributed by atoms with E-state index >= 15 is 0 Å². The van der Waals surface area contributed by atoms with Crippen molar-refractivity contribution in [1.29, 1.82) is 5.26 Å². The molecule has 2 aliphatic rings. The number of hydrogen-bond donors (Lipinski definition) is 1. The van der Waals surface area contributed by atoms with Gasteiger partial charge in [-0.25, -0.2) is 0 Å². The molecule has 3 heterocycles. The summed E-state index contributed by atoms with van der Waals surface area (Å²) in [6.45, 7) is 2.03. The summed E-state index contributed by atoms with van der Waals surface area (Å²) < 4.78 is 11.9. The number of nitriles is 1. The molecule has 4 rings (SSSR count). The van der Waals surface area contributed by atoms with Crippen LogP contribution in [0.25, 0.3) is 0 Å². The van der Waals surface area contributed by atoms with Crippen LogP contribution >= 0.6 is 38.9 Å². The van der Waals surface area contributed by atoms with E-state index in [0.29, 0.717) is 60.6 Å². The van der Waals surface area contributed by atoms with Crippen molar-refractivity contribution in [2.24, 2.45) is 4.99 Å². The number of Topliss-reactive ketones (excluding diaryl/α,β-unsaturated/α-hetero) is 1. The van der Waals surface area contributed by atoms with Gasteiger partial charge in [0.2, 0.25) is 6.19 Å². The van der Waals surface area contributed by atoms with Crippen LogP contribution in [0.2, 0.25) is 5.02 Å². The Morgan fingerprint density at radius 1 is 1.26 bits per heavy atom. The summed E-state index contributed by atoms with van der Waals surface area (Å²) >= 11 is 11.3. The summed E-state index contributed by atoms with van der Waals surface area (Å²) in [6.07, 6.45) is 2.86. The molecule has 2 aromatic rings. The third-order valence-corrected chi connectivity index (χ3v) is 7.72. The van der Waals surface area contributed by atoms with Crippen LogP contribution in [0.3, 0.4) is 0 Å². The highest BCUT2D eigenvalue weighted by Gasteiger charge is 2.43. The number of carbonyl (C=O) groups excluding carboxylic acids is 2. The Hall–Kier alpha value is -2.29. The first kappa shape index (κ1) is 24.8. The van der Waals surface area contributed by atoms with Crippen LogP contribution in [0.1, 0.15) is 28.1 Å². The molecule has 0 saturated carbocycles. The monoisotopic (exact) mass is 564 g/mol. The lowest BCUT2D eigenvalue weighted by atomic mass is 9.88. The number of ketones is 1. The maximum atomic E-state index is 13.4. The summed E-state index contributed by atoms with van der Waals surface area (Å²) in [5.74, 6) is 0.166. The Bertz CT molecular complexity index is 1160. The van der Waals surface area contributed by atoms with Crippen molar-refractivity contribution in [3.05, 3.63) is 49.6 Å². The molecule has 0 unspecified atom stereocenters.